The summed E-state index contributed by atoms with van der Waals surface area (Å²) in [5.74, 6) is -6.82. The van der Waals surface area contributed by atoms with Crippen molar-refractivity contribution >= 4 is 11.9 Å². The predicted molar refractivity (Wildman–Crippen MR) is 52.7 cm³/mol. The van der Waals surface area contributed by atoms with Crippen LogP contribution in [-0.2, 0) is 4.79 Å². The average molecular weight is 245 g/mol. The van der Waals surface area contributed by atoms with E-state index >= 15 is 0 Å². The standard InChI is InChI=1S/C10H9F2NO4/c11-7-2-8(12)5(9(14)15)1-4(7)6(3-13)10(16)17/h1-2,6H,3,13H2,(H,14,15)(H,16,17). The molecule has 0 saturated carbocycles. The van der Waals surface area contributed by atoms with E-state index in [1.807, 2.05) is 0 Å². The van der Waals surface area contributed by atoms with E-state index in [0.29, 0.717) is 12.1 Å². The van der Waals surface area contributed by atoms with E-state index in [2.05, 4.69) is 0 Å². The molecule has 0 aliphatic rings. The zero-order chi connectivity index (χ0) is 13.2. The molecule has 0 aliphatic carbocycles. The molecule has 7 heteroatoms. The van der Waals surface area contributed by atoms with Crippen LogP contribution < -0.4 is 5.73 Å². The zero-order valence-corrected chi connectivity index (χ0v) is 8.48. The minimum atomic E-state index is -1.61. The normalized spacial score (nSPS) is 12.2. The summed E-state index contributed by atoms with van der Waals surface area (Å²) in [5.41, 5.74) is 3.91. The van der Waals surface area contributed by atoms with E-state index < -0.39 is 47.2 Å². The van der Waals surface area contributed by atoms with Gasteiger partial charge in [0, 0.05) is 18.2 Å². The largest absolute Gasteiger partial charge is 0.481 e. The number of aliphatic carboxylic acids is 1. The van der Waals surface area contributed by atoms with Gasteiger partial charge in [0.25, 0.3) is 0 Å². The Morgan fingerprint density at radius 2 is 1.82 bits per heavy atom. The third kappa shape index (κ3) is 2.56. The first-order chi connectivity index (χ1) is 7.88. The number of benzene rings is 1. The Bertz CT molecular complexity index is 476. The molecule has 1 aromatic rings. The molecular formula is C10H9F2NO4. The fourth-order valence-corrected chi connectivity index (χ4v) is 1.36. The van der Waals surface area contributed by atoms with E-state index in [1.165, 1.54) is 0 Å². The molecule has 0 saturated heterocycles. The third-order valence-electron chi connectivity index (χ3n) is 2.23. The second-order valence-corrected chi connectivity index (χ2v) is 3.29. The number of aromatic carboxylic acids is 1. The van der Waals surface area contributed by atoms with E-state index in [0.717, 1.165) is 0 Å². The average Bonchev–Trinajstić information content (AvgIpc) is 2.21. The number of carbonyl (C=O) groups is 2. The molecule has 0 spiro atoms. The van der Waals surface area contributed by atoms with Gasteiger partial charge in [0.15, 0.2) is 0 Å². The van der Waals surface area contributed by atoms with Crippen molar-refractivity contribution in [1.82, 2.24) is 0 Å². The molecule has 1 atom stereocenters. The molecule has 4 N–H and O–H groups in total. The Kier molecular flexibility index (Phi) is 3.74. The van der Waals surface area contributed by atoms with Gasteiger partial charge in [-0.15, -0.1) is 0 Å². The molecule has 0 fully saturated rings. The zero-order valence-electron chi connectivity index (χ0n) is 8.48. The number of halogens is 2. The number of nitrogens with two attached hydrogens (primary N) is 1. The summed E-state index contributed by atoms with van der Waals surface area (Å²) >= 11 is 0. The second-order valence-electron chi connectivity index (χ2n) is 3.29. The van der Waals surface area contributed by atoms with Crippen LogP contribution in [0, 0.1) is 11.6 Å². The Labute approximate surface area is 94.5 Å². The molecule has 1 unspecified atom stereocenters. The van der Waals surface area contributed by atoms with Crippen LogP contribution in [0.2, 0.25) is 0 Å². The highest BCUT2D eigenvalue weighted by molar-refractivity contribution is 5.88. The van der Waals surface area contributed by atoms with Crippen molar-refractivity contribution in [2.24, 2.45) is 5.73 Å². The van der Waals surface area contributed by atoms with Crippen LogP contribution in [0.4, 0.5) is 8.78 Å². The van der Waals surface area contributed by atoms with Crippen LogP contribution in [0.15, 0.2) is 12.1 Å². The van der Waals surface area contributed by atoms with Crippen molar-refractivity contribution < 1.29 is 28.6 Å². The molecule has 0 aromatic heterocycles. The summed E-state index contributed by atoms with van der Waals surface area (Å²) in [6.07, 6.45) is 0. The quantitative estimate of drug-likeness (QED) is 0.728. The SMILES string of the molecule is NCC(C(=O)O)c1cc(C(=O)O)c(F)cc1F. The molecule has 92 valence electrons. The van der Waals surface area contributed by atoms with Crippen LogP contribution in [0.3, 0.4) is 0 Å². The van der Waals surface area contributed by atoms with Gasteiger partial charge in [-0.3, -0.25) is 4.79 Å². The molecule has 1 aromatic carbocycles. The number of hydrogen-bond donors (Lipinski definition) is 3. The maximum atomic E-state index is 13.3. The summed E-state index contributed by atoms with van der Waals surface area (Å²) < 4.78 is 26.4. The van der Waals surface area contributed by atoms with Crippen molar-refractivity contribution in [3.63, 3.8) is 0 Å². The summed E-state index contributed by atoms with van der Waals surface area (Å²) in [5, 5.41) is 17.4. The van der Waals surface area contributed by atoms with Gasteiger partial charge < -0.3 is 15.9 Å². The fraction of sp³-hybridized carbons (Fsp3) is 0.200. The van der Waals surface area contributed by atoms with Crippen LogP contribution in [0.5, 0.6) is 0 Å². The number of carboxylic acid groups (broad SMARTS) is 2. The second kappa shape index (κ2) is 4.88. The summed E-state index contributed by atoms with van der Waals surface area (Å²) in [6, 6.07) is 0.989. The Hall–Kier alpha value is -2.02. The Morgan fingerprint density at radius 3 is 2.24 bits per heavy atom. The summed E-state index contributed by atoms with van der Waals surface area (Å²) in [6.45, 7) is -0.420. The van der Waals surface area contributed by atoms with Gasteiger partial charge in [0.05, 0.1) is 11.5 Å². The Balaban J connectivity index is 3.38. The first-order valence-corrected chi connectivity index (χ1v) is 4.53. The molecular weight excluding hydrogens is 236 g/mol. The van der Waals surface area contributed by atoms with E-state index in [1.54, 1.807) is 0 Å². The van der Waals surface area contributed by atoms with Crippen LogP contribution in [-0.4, -0.2) is 28.7 Å². The minimum absolute atomic E-state index is 0.338. The topological polar surface area (TPSA) is 101 Å². The highest BCUT2D eigenvalue weighted by Crippen LogP contribution is 2.22. The lowest BCUT2D eigenvalue weighted by atomic mass is 9.96. The van der Waals surface area contributed by atoms with Gasteiger partial charge >= 0.3 is 11.9 Å². The van der Waals surface area contributed by atoms with Gasteiger partial charge in [0.1, 0.15) is 11.6 Å². The van der Waals surface area contributed by atoms with E-state index in [-0.39, 0.29) is 0 Å². The smallest absolute Gasteiger partial charge is 0.338 e. The third-order valence-corrected chi connectivity index (χ3v) is 2.23. The molecule has 5 nitrogen and oxygen atoms in total. The minimum Gasteiger partial charge on any atom is -0.481 e. The fourth-order valence-electron chi connectivity index (χ4n) is 1.36. The first kappa shape index (κ1) is 13.0. The van der Waals surface area contributed by atoms with Crippen molar-refractivity contribution in [2.45, 2.75) is 5.92 Å². The van der Waals surface area contributed by atoms with Gasteiger partial charge in [-0.25, -0.2) is 13.6 Å². The number of carboxylic acids is 2. The first-order valence-electron chi connectivity index (χ1n) is 4.53. The monoisotopic (exact) mass is 245 g/mol. The summed E-state index contributed by atoms with van der Waals surface area (Å²) in [7, 11) is 0. The lowest BCUT2D eigenvalue weighted by molar-refractivity contribution is -0.138. The molecule has 0 amide bonds. The molecule has 0 radical (unpaired) electrons. The highest BCUT2D eigenvalue weighted by Gasteiger charge is 2.25. The highest BCUT2D eigenvalue weighted by atomic mass is 19.1. The number of hydrogen-bond acceptors (Lipinski definition) is 3. The van der Waals surface area contributed by atoms with Gasteiger partial charge in [0.2, 0.25) is 0 Å². The van der Waals surface area contributed by atoms with Gasteiger partial charge in [-0.05, 0) is 6.07 Å². The maximum absolute atomic E-state index is 13.3. The van der Waals surface area contributed by atoms with Crippen LogP contribution >= 0.6 is 0 Å². The molecule has 17 heavy (non-hydrogen) atoms. The van der Waals surface area contributed by atoms with Crippen molar-refractivity contribution in [1.29, 1.82) is 0 Å². The molecule has 0 bridgehead atoms. The van der Waals surface area contributed by atoms with E-state index in [9.17, 15) is 18.4 Å². The Morgan fingerprint density at radius 1 is 1.24 bits per heavy atom. The van der Waals surface area contributed by atoms with Crippen LogP contribution in [0.25, 0.3) is 0 Å². The lowest BCUT2D eigenvalue weighted by Gasteiger charge is -2.12. The van der Waals surface area contributed by atoms with Gasteiger partial charge in [-0.1, -0.05) is 0 Å². The van der Waals surface area contributed by atoms with Crippen molar-refractivity contribution in [3.8, 4) is 0 Å². The van der Waals surface area contributed by atoms with E-state index in [4.69, 9.17) is 15.9 Å². The summed E-state index contributed by atoms with van der Waals surface area (Å²) in [4.78, 5) is 21.4. The molecule has 0 heterocycles. The molecule has 0 aliphatic heterocycles. The van der Waals surface area contributed by atoms with Crippen molar-refractivity contribution in [3.05, 3.63) is 34.9 Å². The van der Waals surface area contributed by atoms with Crippen LogP contribution in [0.1, 0.15) is 21.8 Å². The number of rotatable bonds is 4. The predicted octanol–water partition coefficient (Wildman–Crippen LogP) is 0.790. The molecule has 1 rings (SSSR count). The van der Waals surface area contributed by atoms with Crippen molar-refractivity contribution in [2.75, 3.05) is 6.54 Å². The maximum Gasteiger partial charge on any atom is 0.338 e. The lowest BCUT2D eigenvalue weighted by Crippen LogP contribution is -2.23. The van der Waals surface area contributed by atoms with Gasteiger partial charge in [-0.2, -0.15) is 0 Å².